The van der Waals surface area contributed by atoms with E-state index in [4.69, 9.17) is 9.84 Å². The number of anilines is 2. The quantitative estimate of drug-likeness (QED) is 0.553. The number of carbonyl (C=O) groups excluding carboxylic acids is 1. The van der Waals surface area contributed by atoms with Gasteiger partial charge in [0.1, 0.15) is 17.7 Å². The third-order valence-corrected chi connectivity index (χ3v) is 6.38. The largest absolute Gasteiger partial charge is 0.484 e. The van der Waals surface area contributed by atoms with E-state index in [0.717, 1.165) is 43.3 Å². The molecule has 2 amide bonds. The molecule has 1 aliphatic rings. The minimum Gasteiger partial charge on any atom is -0.484 e. The molecule has 3 rings (SSSR count). The molecule has 33 heavy (non-hydrogen) atoms. The molecule has 2 aromatic carbocycles. The molecule has 0 saturated carbocycles. The van der Waals surface area contributed by atoms with Crippen molar-refractivity contribution in [1.29, 1.82) is 0 Å². The second kappa shape index (κ2) is 8.77. The van der Waals surface area contributed by atoms with Gasteiger partial charge in [0.2, 0.25) is 5.91 Å². The number of hydrogen-bond donors (Lipinski definition) is 3. The van der Waals surface area contributed by atoms with E-state index < -0.39 is 57.6 Å². The van der Waals surface area contributed by atoms with Crippen LogP contribution in [0.4, 0.5) is 33.7 Å². The van der Waals surface area contributed by atoms with Crippen molar-refractivity contribution in [2.75, 3.05) is 16.2 Å². The van der Waals surface area contributed by atoms with E-state index in [1.165, 1.54) is 6.07 Å². The van der Waals surface area contributed by atoms with E-state index in [9.17, 15) is 35.6 Å². The van der Waals surface area contributed by atoms with Crippen molar-refractivity contribution < 1.29 is 45.4 Å². The van der Waals surface area contributed by atoms with Crippen molar-refractivity contribution in [3.8, 4) is 5.75 Å². The van der Waals surface area contributed by atoms with E-state index in [-0.39, 0.29) is 17.1 Å². The molecule has 0 fully saturated rings. The number of carbonyl (C=O) groups is 2. The highest BCUT2D eigenvalue weighted by Gasteiger charge is 2.50. The van der Waals surface area contributed by atoms with E-state index in [1.807, 2.05) is 5.32 Å². The highest BCUT2D eigenvalue weighted by Crippen LogP contribution is 2.41. The fourth-order valence-electron chi connectivity index (χ4n) is 3.21. The Kier molecular flexibility index (Phi) is 6.40. The van der Waals surface area contributed by atoms with Crippen LogP contribution in [0, 0.1) is 5.82 Å². The molecule has 0 spiro atoms. The number of ether oxygens (including phenoxy) is 1. The summed E-state index contributed by atoms with van der Waals surface area (Å²) in [5, 5.41) is 12.7. The molecule has 1 aliphatic heterocycles. The van der Waals surface area contributed by atoms with Gasteiger partial charge in [-0.15, -0.1) is 0 Å². The number of fused-ring (bicyclic) bond motifs is 1. The van der Waals surface area contributed by atoms with Gasteiger partial charge in [0.25, 0.3) is 10.0 Å². The van der Waals surface area contributed by atoms with Crippen LogP contribution in [0.2, 0.25) is 0 Å². The third-order valence-electron chi connectivity index (χ3n) is 4.59. The number of amides is 2. The highest BCUT2D eigenvalue weighted by molar-refractivity contribution is 7.92. The molecule has 0 aromatic heterocycles. The molecule has 2 aromatic rings. The Bertz CT molecular complexity index is 1170. The Balaban J connectivity index is 2.13. The fraction of sp³-hybridized carbons (Fsp3) is 0.263. The van der Waals surface area contributed by atoms with E-state index in [2.05, 4.69) is 0 Å². The number of nitrogens with zero attached hydrogens (tertiary/aromatic N) is 1. The number of carboxylic acid groups (broad SMARTS) is 1. The lowest BCUT2D eigenvalue weighted by Crippen LogP contribution is -2.59. The Morgan fingerprint density at radius 1 is 1.18 bits per heavy atom. The van der Waals surface area contributed by atoms with Crippen LogP contribution in [0.1, 0.15) is 6.92 Å². The average molecular weight is 491 g/mol. The summed E-state index contributed by atoms with van der Waals surface area (Å²) in [6.45, 7) is -0.0138. The smallest absolute Gasteiger partial charge is 0.412 e. The standard InChI is InChI=1S/C19H17F4N3O6S/c1-10(27)24-17(19(21,22)23)16-9-26(33(30,31)13-5-2-11(20)3-6-13)14-8-12(25-18(28)29)4-7-15(14)32-16/h2-8,16-17,25H,9H2,1H3,(H,24,27)(H,28,29)/t16-,17+/m1/s1. The normalized spacial score (nSPS) is 16.9. The molecule has 2 atom stereocenters. The molecule has 0 bridgehead atoms. The predicted octanol–water partition coefficient (Wildman–Crippen LogP) is 2.94. The van der Waals surface area contributed by atoms with Gasteiger partial charge in [-0.2, -0.15) is 13.2 Å². The summed E-state index contributed by atoms with van der Waals surface area (Å²) in [5.41, 5.74) is -0.317. The number of hydrogen-bond acceptors (Lipinski definition) is 5. The first kappa shape index (κ1) is 24.1. The number of halogens is 4. The van der Waals surface area contributed by atoms with E-state index >= 15 is 0 Å². The summed E-state index contributed by atoms with van der Waals surface area (Å²) < 4.78 is 86.8. The van der Waals surface area contributed by atoms with Crippen LogP contribution in [-0.4, -0.2) is 50.4 Å². The summed E-state index contributed by atoms with van der Waals surface area (Å²) >= 11 is 0. The zero-order chi connectivity index (χ0) is 24.6. The van der Waals surface area contributed by atoms with E-state index in [1.54, 1.807) is 5.32 Å². The first-order chi connectivity index (χ1) is 15.3. The fourth-order valence-corrected chi connectivity index (χ4v) is 4.69. The summed E-state index contributed by atoms with van der Waals surface area (Å²) in [6.07, 6.45) is -8.32. The van der Waals surface area contributed by atoms with Crippen LogP contribution in [0.25, 0.3) is 0 Å². The van der Waals surface area contributed by atoms with Crippen LogP contribution in [0.15, 0.2) is 47.4 Å². The third kappa shape index (κ3) is 5.27. The number of sulfonamides is 1. The van der Waals surface area contributed by atoms with Crippen molar-refractivity contribution in [2.24, 2.45) is 0 Å². The van der Waals surface area contributed by atoms with Gasteiger partial charge in [-0.05, 0) is 42.5 Å². The number of alkyl halides is 3. The molecule has 14 heteroatoms. The molecule has 0 aliphatic carbocycles. The first-order valence-electron chi connectivity index (χ1n) is 9.22. The van der Waals surface area contributed by atoms with Gasteiger partial charge in [0.15, 0.2) is 6.04 Å². The van der Waals surface area contributed by atoms with Crippen molar-refractivity contribution >= 4 is 33.4 Å². The van der Waals surface area contributed by atoms with Crippen LogP contribution >= 0.6 is 0 Å². The summed E-state index contributed by atoms with van der Waals surface area (Å²) in [7, 11) is -4.55. The van der Waals surface area contributed by atoms with Gasteiger partial charge in [0, 0.05) is 12.6 Å². The molecule has 0 radical (unpaired) electrons. The number of rotatable bonds is 5. The lowest BCUT2D eigenvalue weighted by molar-refractivity contribution is -0.177. The lowest BCUT2D eigenvalue weighted by atomic mass is 10.1. The molecular weight excluding hydrogens is 474 g/mol. The van der Waals surface area contributed by atoms with Crippen molar-refractivity contribution in [2.45, 2.75) is 30.1 Å². The molecule has 1 heterocycles. The summed E-state index contributed by atoms with van der Waals surface area (Å²) in [6, 6.07) is 4.38. The minimum atomic E-state index is -4.98. The maximum atomic E-state index is 13.7. The molecular formula is C19H17F4N3O6S. The first-order valence-corrected chi connectivity index (χ1v) is 10.7. The van der Waals surface area contributed by atoms with Crippen LogP contribution in [0.5, 0.6) is 5.75 Å². The zero-order valence-corrected chi connectivity index (χ0v) is 17.6. The maximum Gasteiger partial charge on any atom is 0.412 e. The van der Waals surface area contributed by atoms with E-state index in [0.29, 0.717) is 4.31 Å². The monoisotopic (exact) mass is 491 g/mol. The van der Waals surface area contributed by atoms with Gasteiger partial charge >= 0.3 is 12.3 Å². The molecule has 178 valence electrons. The maximum absolute atomic E-state index is 13.7. The van der Waals surface area contributed by atoms with Gasteiger partial charge in [-0.25, -0.2) is 17.6 Å². The Hall–Kier alpha value is -3.55. The molecule has 0 saturated heterocycles. The molecule has 9 nitrogen and oxygen atoms in total. The Morgan fingerprint density at radius 3 is 2.36 bits per heavy atom. The molecule has 0 unspecified atom stereocenters. The predicted molar refractivity (Wildman–Crippen MR) is 107 cm³/mol. The summed E-state index contributed by atoms with van der Waals surface area (Å²) in [5.74, 6) is -2.04. The number of nitrogens with one attached hydrogen (secondary N) is 2. The van der Waals surface area contributed by atoms with Crippen molar-refractivity contribution in [1.82, 2.24) is 5.32 Å². The lowest BCUT2D eigenvalue weighted by Gasteiger charge is -2.39. The van der Waals surface area contributed by atoms with Crippen LogP contribution < -0.4 is 19.7 Å². The minimum absolute atomic E-state index is 0.0724. The Morgan fingerprint density at radius 2 is 1.82 bits per heavy atom. The summed E-state index contributed by atoms with van der Waals surface area (Å²) in [4.78, 5) is 21.9. The van der Waals surface area contributed by atoms with Gasteiger partial charge in [-0.1, -0.05) is 0 Å². The highest BCUT2D eigenvalue weighted by atomic mass is 32.2. The van der Waals surface area contributed by atoms with Gasteiger partial charge in [-0.3, -0.25) is 14.4 Å². The zero-order valence-electron chi connectivity index (χ0n) is 16.8. The molecule has 3 N–H and O–H groups in total. The second-order valence-electron chi connectivity index (χ2n) is 6.98. The van der Waals surface area contributed by atoms with Crippen LogP contribution in [-0.2, 0) is 14.8 Å². The Labute approximate surface area is 185 Å². The van der Waals surface area contributed by atoms with Crippen molar-refractivity contribution in [3.63, 3.8) is 0 Å². The van der Waals surface area contributed by atoms with Crippen molar-refractivity contribution in [3.05, 3.63) is 48.3 Å². The number of benzene rings is 2. The average Bonchev–Trinajstić information content (AvgIpc) is 2.70. The SMILES string of the molecule is CC(=O)N[C@@H]([C@H]1CN(S(=O)(=O)c2ccc(F)cc2)c2cc(NC(=O)O)ccc2O1)C(F)(F)F. The second-order valence-corrected chi connectivity index (χ2v) is 8.84. The van der Waals surface area contributed by atoms with Crippen LogP contribution in [0.3, 0.4) is 0 Å². The van der Waals surface area contributed by atoms with Gasteiger partial charge in [0.05, 0.1) is 17.1 Å². The topological polar surface area (TPSA) is 125 Å². The van der Waals surface area contributed by atoms with Gasteiger partial charge < -0.3 is 15.2 Å².